The van der Waals surface area contributed by atoms with E-state index in [9.17, 15) is 13.2 Å². The van der Waals surface area contributed by atoms with Crippen molar-refractivity contribution in [2.75, 3.05) is 0 Å². The van der Waals surface area contributed by atoms with E-state index in [0.717, 1.165) is 0 Å². The molecule has 1 aromatic heterocycles. The topological polar surface area (TPSA) is 84.3 Å². The summed E-state index contributed by atoms with van der Waals surface area (Å²) in [6, 6.07) is 2.81. The van der Waals surface area contributed by atoms with Crippen LogP contribution in [0.25, 0.3) is 0 Å². The average Bonchev–Trinajstić information content (AvgIpc) is 2.79. The first-order valence-electron chi connectivity index (χ1n) is 5.75. The van der Waals surface area contributed by atoms with Crippen molar-refractivity contribution in [3.63, 3.8) is 0 Å². The molecule has 106 valence electrons. The van der Waals surface area contributed by atoms with E-state index < -0.39 is 15.8 Å². The Balaban J connectivity index is 2.51. The summed E-state index contributed by atoms with van der Waals surface area (Å²) in [4.78, 5) is 15.1. The van der Waals surface area contributed by atoms with Crippen LogP contribution in [0.5, 0.6) is 0 Å². The highest BCUT2D eigenvalue weighted by Gasteiger charge is 2.22. The smallest absolute Gasteiger partial charge is 0.335 e. The van der Waals surface area contributed by atoms with Gasteiger partial charge in [-0.1, -0.05) is 6.07 Å². The molecule has 0 aliphatic rings. The van der Waals surface area contributed by atoms with Gasteiger partial charge in [0.15, 0.2) is 9.84 Å². The number of benzene rings is 1. The number of aryl methyl sites for hydroxylation is 2. The maximum atomic E-state index is 12.4. The first kappa shape index (κ1) is 14.7. The van der Waals surface area contributed by atoms with Crippen LogP contribution in [0.2, 0.25) is 0 Å². The molecule has 2 aromatic rings. The van der Waals surface area contributed by atoms with E-state index in [4.69, 9.17) is 5.11 Å². The zero-order valence-corrected chi connectivity index (χ0v) is 12.6. The number of sulfone groups is 1. The minimum absolute atomic E-state index is 0.00690. The molecule has 0 fully saturated rings. The molecule has 0 unspecified atom stereocenters. The number of carbonyl (C=O) groups is 1. The molecule has 7 heteroatoms. The molecule has 2 rings (SSSR count). The van der Waals surface area contributed by atoms with Gasteiger partial charge in [-0.15, -0.1) is 11.3 Å². The molecule has 0 aliphatic heterocycles. The number of aromatic carboxylic acids is 1. The van der Waals surface area contributed by atoms with Gasteiger partial charge >= 0.3 is 5.97 Å². The van der Waals surface area contributed by atoms with E-state index in [-0.39, 0.29) is 16.2 Å². The van der Waals surface area contributed by atoms with Crippen molar-refractivity contribution >= 4 is 27.1 Å². The number of aromatic nitrogens is 1. The van der Waals surface area contributed by atoms with Crippen molar-refractivity contribution in [2.24, 2.45) is 0 Å². The molecule has 0 bridgehead atoms. The van der Waals surface area contributed by atoms with Gasteiger partial charge in [0.2, 0.25) is 0 Å². The van der Waals surface area contributed by atoms with Crippen LogP contribution >= 0.6 is 11.3 Å². The van der Waals surface area contributed by atoms with E-state index in [0.29, 0.717) is 16.8 Å². The third kappa shape index (κ3) is 2.88. The van der Waals surface area contributed by atoms with Crippen LogP contribution in [-0.4, -0.2) is 24.5 Å². The number of nitrogens with zero attached hydrogens (tertiary/aromatic N) is 1. The first-order valence-corrected chi connectivity index (χ1v) is 8.35. The summed E-state index contributed by atoms with van der Waals surface area (Å²) in [6.45, 7) is 3.31. The fraction of sp³-hybridized carbons (Fsp3) is 0.231. The van der Waals surface area contributed by atoms with E-state index >= 15 is 0 Å². The van der Waals surface area contributed by atoms with Gasteiger partial charge in [-0.25, -0.2) is 18.2 Å². The standard InChI is InChI=1S/C13H13NO4S2/c1-8-3-9(2)12(4-11(8)13(15)16)20(17,18)6-10-5-19-7-14-10/h3-5,7H,6H2,1-2H3,(H,15,16). The van der Waals surface area contributed by atoms with Crippen LogP contribution in [-0.2, 0) is 15.6 Å². The molecule has 5 nitrogen and oxygen atoms in total. The number of carboxylic acid groups (broad SMARTS) is 1. The number of hydrogen-bond donors (Lipinski definition) is 1. The maximum absolute atomic E-state index is 12.4. The van der Waals surface area contributed by atoms with Crippen LogP contribution in [0.4, 0.5) is 0 Å². The third-order valence-corrected chi connectivity index (χ3v) is 5.33. The molecular weight excluding hydrogens is 298 g/mol. The Hall–Kier alpha value is -1.73. The van der Waals surface area contributed by atoms with Gasteiger partial charge in [0.25, 0.3) is 0 Å². The molecule has 0 saturated heterocycles. The molecular formula is C13H13NO4S2. The Morgan fingerprint density at radius 2 is 2.00 bits per heavy atom. The van der Waals surface area contributed by atoms with Crippen molar-refractivity contribution in [3.8, 4) is 0 Å². The van der Waals surface area contributed by atoms with Crippen LogP contribution < -0.4 is 0 Å². The number of thiazole rings is 1. The SMILES string of the molecule is Cc1cc(C)c(S(=O)(=O)Cc2cscn2)cc1C(=O)O. The van der Waals surface area contributed by atoms with Crippen LogP contribution in [0.1, 0.15) is 27.2 Å². The lowest BCUT2D eigenvalue weighted by Gasteiger charge is -2.10. The first-order chi connectivity index (χ1) is 9.31. The Bertz CT molecular complexity index is 749. The van der Waals surface area contributed by atoms with Gasteiger partial charge in [-0.05, 0) is 31.0 Å². The van der Waals surface area contributed by atoms with Gasteiger partial charge in [0.05, 0.1) is 27.4 Å². The van der Waals surface area contributed by atoms with Gasteiger partial charge in [0.1, 0.15) is 0 Å². The van der Waals surface area contributed by atoms with Crippen LogP contribution in [0, 0.1) is 13.8 Å². The van der Waals surface area contributed by atoms with Gasteiger partial charge in [0, 0.05) is 5.38 Å². The van der Waals surface area contributed by atoms with Crippen molar-refractivity contribution in [1.29, 1.82) is 0 Å². The van der Waals surface area contributed by atoms with E-state index in [1.54, 1.807) is 30.8 Å². The van der Waals surface area contributed by atoms with Crippen molar-refractivity contribution in [3.05, 3.63) is 45.4 Å². The van der Waals surface area contributed by atoms with Crippen molar-refractivity contribution in [2.45, 2.75) is 24.5 Å². The quantitative estimate of drug-likeness (QED) is 0.937. The Morgan fingerprint density at radius 3 is 2.55 bits per heavy atom. The molecule has 0 spiro atoms. The largest absolute Gasteiger partial charge is 0.478 e. The summed E-state index contributed by atoms with van der Waals surface area (Å²) in [5.74, 6) is -1.35. The number of rotatable bonds is 4. The molecule has 0 atom stereocenters. The molecule has 0 radical (unpaired) electrons. The second kappa shape index (κ2) is 5.34. The maximum Gasteiger partial charge on any atom is 0.335 e. The number of carboxylic acids is 1. The fourth-order valence-electron chi connectivity index (χ4n) is 1.98. The zero-order chi connectivity index (χ0) is 14.9. The van der Waals surface area contributed by atoms with Gasteiger partial charge in [-0.2, -0.15) is 0 Å². The predicted octanol–water partition coefficient (Wildman–Crippen LogP) is 2.43. The molecule has 0 aliphatic carbocycles. The summed E-state index contributed by atoms with van der Waals surface area (Å²) in [5.41, 5.74) is 3.12. The predicted molar refractivity (Wildman–Crippen MR) is 75.9 cm³/mol. The van der Waals surface area contributed by atoms with Gasteiger partial charge in [-0.3, -0.25) is 0 Å². The highest BCUT2D eigenvalue weighted by molar-refractivity contribution is 7.90. The minimum atomic E-state index is -3.61. The third-order valence-electron chi connectivity index (χ3n) is 2.91. The van der Waals surface area contributed by atoms with E-state index in [2.05, 4.69) is 4.98 Å². The van der Waals surface area contributed by atoms with E-state index in [1.165, 1.54) is 17.4 Å². The Kier molecular flexibility index (Phi) is 3.92. The lowest BCUT2D eigenvalue weighted by Crippen LogP contribution is -2.10. The Labute approximate surface area is 120 Å². The summed E-state index contributed by atoms with van der Waals surface area (Å²) in [6.07, 6.45) is 0. The van der Waals surface area contributed by atoms with Crippen LogP contribution in [0.15, 0.2) is 27.9 Å². The number of hydrogen-bond acceptors (Lipinski definition) is 5. The van der Waals surface area contributed by atoms with Crippen molar-refractivity contribution in [1.82, 2.24) is 4.98 Å². The van der Waals surface area contributed by atoms with Crippen LogP contribution in [0.3, 0.4) is 0 Å². The minimum Gasteiger partial charge on any atom is -0.478 e. The normalized spacial score (nSPS) is 11.5. The van der Waals surface area contributed by atoms with E-state index in [1.807, 2.05) is 0 Å². The summed E-state index contributed by atoms with van der Waals surface area (Å²) < 4.78 is 24.8. The lowest BCUT2D eigenvalue weighted by molar-refractivity contribution is 0.0696. The monoisotopic (exact) mass is 311 g/mol. The van der Waals surface area contributed by atoms with Gasteiger partial charge < -0.3 is 5.11 Å². The molecule has 0 amide bonds. The summed E-state index contributed by atoms with van der Waals surface area (Å²) in [5, 5.41) is 10.8. The molecule has 1 aromatic carbocycles. The lowest BCUT2D eigenvalue weighted by atomic mass is 10.1. The second-order valence-corrected chi connectivity index (χ2v) is 7.15. The molecule has 20 heavy (non-hydrogen) atoms. The van der Waals surface area contributed by atoms with Crippen molar-refractivity contribution < 1.29 is 18.3 Å². The molecule has 1 heterocycles. The molecule has 1 N–H and O–H groups in total. The second-order valence-electron chi connectivity index (χ2n) is 4.48. The highest BCUT2D eigenvalue weighted by Crippen LogP contribution is 2.24. The summed E-state index contributed by atoms with van der Waals surface area (Å²) in [7, 11) is -3.61. The molecule has 0 saturated carbocycles. The highest BCUT2D eigenvalue weighted by atomic mass is 32.2. The summed E-state index contributed by atoms with van der Waals surface area (Å²) >= 11 is 1.32. The average molecular weight is 311 g/mol. The fourth-order valence-corrected chi connectivity index (χ4v) is 4.19. The Morgan fingerprint density at radius 1 is 1.30 bits per heavy atom. The zero-order valence-electron chi connectivity index (χ0n) is 11.0.